The Labute approximate surface area is 89.0 Å². The van der Waals surface area contributed by atoms with Crippen LogP contribution in [0.3, 0.4) is 0 Å². The highest BCUT2D eigenvalue weighted by Gasteiger charge is 2.38. The Bertz CT molecular complexity index is 339. The zero-order valence-corrected chi connectivity index (χ0v) is 9.60. The second-order valence-corrected chi connectivity index (χ2v) is 5.80. The van der Waals surface area contributed by atoms with Gasteiger partial charge in [0.1, 0.15) is 0 Å². The van der Waals surface area contributed by atoms with Crippen molar-refractivity contribution in [2.75, 3.05) is 11.4 Å². The standard InChI is InChI=1S/C11H16N2S/c1-7-8(2)14-11(12-7)13-6-9-3-4-10(13)5-9/h9-10H,3-6H2,1-2H3. The van der Waals surface area contributed by atoms with E-state index in [1.54, 1.807) is 0 Å². The van der Waals surface area contributed by atoms with Crippen molar-refractivity contribution in [2.45, 2.75) is 39.2 Å². The highest BCUT2D eigenvalue weighted by Crippen LogP contribution is 2.41. The van der Waals surface area contributed by atoms with E-state index in [4.69, 9.17) is 0 Å². The molecule has 1 aromatic rings. The summed E-state index contributed by atoms with van der Waals surface area (Å²) in [6.07, 6.45) is 4.25. The maximum atomic E-state index is 4.66. The van der Waals surface area contributed by atoms with Gasteiger partial charge in [-0.15, -0.1) is 11.3 Å². The predicted molar refractivity (Wildman–Crippen MR) is 60.1 cm³/mol. The maximum absolute atomic E-state index is 4.66. The number of hydrogen-bond acceptors (Lipinski definition) is 3. The molecular formula is C11H16N2S. The molecule has 1 saturated carbocycles. The van der Waals surface area contributed by atoms with E-state index in [0.29, 0.717) is 0 Å². The Kier molecular flexibility index (Phi) is 1.84. The van der Waals surface area contributed by atoms with Crippen LogP contribution in [0.15, 0.2) is 0 Å². The first kappa shape index (κ1) is 8.72. The molecule has 0 N–H and O–H groups in total. The van der Waals surface area contributed by atoms with Gasteiger partial charge in [-0.2, -0.15) is 0 Å². The maximum Gasteiger partial charge on any atom is 0.186 e. The number of nitrogens with zero attached hydrogens (tertiary/aromatic N) is 2. The first-order valence-electron chi connectivity index (χ1n) is 5.44. The van der Waals surface area contributed by atoms with E-state index in [9.17, 15) is 0 Å². The lowest BCUT2D eigenvalue weighted by molar-refractivity contribution is 0.553. The first-order chi connectivity index (χ1) is 6.74. The summed E-state index contributed by atoms with van der Waals surface area (Å²) in [5.41, 5.74) is 1.22. The Hall–Kier alpha value is -0.570. The molecule has 3 rings (SSSR count). The molecule has 76 valence electrons. The lowest BCUT2D eigenvalue weighted by atomic mass is 10.1. The summed E-state index contributed by atoms with van der Waals surface area (Å²) >= 11 is 1.87. The van der Waals surface area contributed by atoms with E-state index < -0.39 is 0 Å². The van der Waals surface area contributed by atoms with E-state index in [2.05, 4.69) is 23.7 Å². The van der Waals surface area contributed by atoms with Gasteiger partial charge in [-0.3, -0.25) is 0 Å². The fraction of sp³-hybridized carbons (Fsp3) is 0.727. The zero-order valence-electron chi connectivity index (χ0n) is 8.79. The largest absolute Gasteiger partial charge is 0.345 e. The highest BCUT2D eigenvalue weighted by atomic mass is 32.1. The molecule has 1 aliphatic heterocycles. The minimum Gasteiger partial charge on any atom is -0.345 e. The third-order valence-corrected chi connectivity index (χ3v) is 4.78. The molecule has 2 fully saturated rings. The number of hydrogen-bond donors (Lipinski definition) is 0. The Morgan fingerprint density at radius 3 is 2.71 bits per heavy atom. The zero-order chi connectivity index (χ0) is 9.71. The van der Waals surface area contributed by atoms with Gasteiger partial charge in [-0.1, -0.05) is 0 Å². The molecule has 0 spiro atoms. The van der Waals surface area contributed by atoms with Crippen LogP contribution in [0, 0.1) is 19.8 Å². The molecule has 0 radical (unpaired) electrons. The Morgan fingerprint density at radius 1 is 1.36 bits per heavy atom. The van der Waals surface area contributed by atoms with E-state index in [1.807, 2.05) is 11.3 Å². The third-order valence-electron chi connectivity index (χ3n) is 3.67. The summed E-state index contributed by atoms with van der Waals surface area (Å²) in [4.78, 5) is 8.57. The predicted octanol–water partition coefficient (Wildman–Crippen LogP) is 2.75. The number of aromatic nitrogens is 1. The minimum absolute atomic E-state index is 0.810. The van der Waals surface area contributed by atoms with Crippen LogP contribution in [0.4, 0.5) is 5.13 Å². The van der Waals surface area contributed by atoms with Crippen molar-refractivity contribution >= 4 is 16.5 Å². The molecule has 2 atom stereocenters. The lowest BCUT2D eigenvalue weighted by Gasteiger charge is -2.26. The van der Waals surface area contributed by atoms with Gasteiger partial charge in [0.05, 0.1) is 5.69 Å². The molecule has 1 aliphatic carbocycles. The van der Waals surface area contributed by atoms with Gasteiger partial charge < -0.3 is 4.90 Å². The monoisotopic (exact) mass is 208 g/mol. The molecule has 3 heteroatoms. The van der Waals surface area contributed by atoms with Crippen molar-refractivity contribution in [1.29, 1.82) is 0 Å². The van der Waals surface area contributed by atoms with E-state index in [0.717, 1.165) is 12.0 Å². The van der Waals surface area contributed by atoms with Crippen LogP contribution in [-0.4, -0.2) is 17.6 Å². The van der Waals surface area contributed by atoms with Gasteiger partial charge in [0.25, 0.3) is 0 Å². The summed E-state index contributed by atoms with van der Waals surface area (Å²) in [6.45, 7) is 5.55. The number of fused-ring (bicyclic) bond motifs is 2. The third kappa shape index (κ3) is 1.18. The molecule has 1 aromatic heterocycles. The van der Waals surface area contributed by atoms with Crippen LogP contribution in [-0.2, 0) is 0 Å². The van der Waals surface area contributed by atoms with Crippen molar-refractivity contribution in [3.05, 3.63) is 10.6 Å². The minimum atomic E-state index is 0.810. The van der Waals surface area contributed by atoms with Crippen molar-refractivity contribution in [3.8, 4) is 0 Å². The fourth-order valence-corrected chi connectivity index (χ4v) is 3.73. The average molecular weight is 208 g/mol. The number of thiazole rings is 1. The van der Waals surface area contributed by atoms with Crippen LogP contribution in [0.2, 0.25) is 0 Å². The Balaban J connectivity index is 1.89. The number of piperidine rings is 1. The van der Waals surface area contributed by atoms with Crippen molar-refractivity contribution < 1.29 is 0 Å². The lowest BCUT2D eigenvalue weighted by Crippen LogP contribution is -2.31. The molecule has 0 aromatic carbocycles. The number of anilines is 1. The summed E-state index contributed by atoms with van der Waals surface area (Å²) in [5, 5.41) is 1.27. The van der Waals surface area contributed by atoms with E-state index in [-0.39, 0.29) is 0 Å². The van der Waals surface area contributed by atoms with Gasteiger partial charge in [-0.25, -0.2) is 4.98 Å². The van der Waals surface area contributed by atoms with Crippen LogP contribution >= 0.6 is 11.3 Å². The van der Waals surface area contributed by atoms with Crippen LogP contribution in [0.1, 0.15) is 29.8 Å². The molecule has 2 aliphatic rings. The second-order valence-electron chi connectivity index (χ2n) is 4.62. The normalized spacial score (nSPS) is 30.3. The quantitative estimate of drug-likeness (QED) is 0.705. The molecule has 2 unspecified atom stereocenters. The number of aryl methyl sites for hydroxylation is 2. The summed E-state index contributed by atoms with van der Waals surface area (Å²) < 4.78 is 0. The topological polar surface area (TPSA) is 16.1 Å². The van der Waals surface area contributed by atoms with Gasteiger partial charge in [0, 0.05) is 17.5 Å². The van der Waals surface area contributed by atoms with Crippen molar-refractivity contribution in [2.24, 2.45) is 5.92 Å². The van der Waals surface area contributed by atoms with Gasteiger partial charge in [0.2, 0.25) is 0 Å². The van der Waals surface area contributed by atoms with Crippen LogP contribution in [0.25, 0.3) is 0 Å². The summed E-state index contributed by atoms with van der Waals surface area (Å²) in [5.74, 6) is 0.963. The van der Waals surface area contributed by atoms with Crippen molar-refractivity contribution in [3.63, 3.8) is 0 Å². The van der Waals surface area contributed by atoms with Crippen LogP contribution < -0.4 is 4.90 Å². The smallest absolute Gasteiger partial charge is 0.186 e. The number of rotatable bonds is 1. The fourth-order valence-electron chi connectivity index (χ4n) is 2.74. The molecule has 2 heterocycles. The molecule has 1 saturated heterocycles. The summed E-state index contributed by atoms with van der Waals surface area (Å²) in [6, 6.07) is 0.810. The SMILES string of the molecule is Cc1nc(N2CC3CCC2C3)sc1C. The molecule has 14 heavy (non-hydrogen) atoms. The molecule has 2 nitrogen and oxygen atoms in total. The Morgan fingerprint density at radius 2 is 2.21 bits per heavy atom. The van der Waals surface area contributed by atoms with Gasteiger partial charge in [0.15, 0.2) is 5.13 Å². The van der Waals surface area contributed by atoms with Gasteiger partial charge in [-0.05, 0) is 39.0 Å². The van der Waals surface area contributed by atoms with Crippen LogP contribution in [0.5, 0.6) is 0 Å². The van der Waals surface area contributed by atoms with E-state index >= 15 is 0 Å². The molecule has 2 bridgehead atoms. The van der Waals surface area contributed by atoms with Crippen molar-refractivity contribution in [1.82, 2.24) is 4.98 Å². The van der Waals surface area contributed by atoms with Gasteiger partial charge >= 0.3 is 0 Å². The molecular weight excluding hydrogens is 192 g/mol. The highest BCUT2D eigenvalue weighted by molar-refractivity contribution is 7.15. The summed E-state index contributed by atoms with van der Waals surface area (Å²) in [7, 11) is 0. The average Bonchev–Trinajstić information content (AvgIpc) is 2.82. The van der Waals surface area contributed by atoms with E-state index in [1.165, 1.54) is 41.5 Å². The first-order valence-corrected chi connectivity index (χ1v) is 6.26. The molecule has 0 amide bonds. The second kappa shape index (κ2) is 2.96.